The van der Waals surface area contributed by atoms with Gasteiger partial charge in [-0.3, -0.25) is 4.21 Å². The van der Waals surface area contributed by atoms with Gasteiger partial charge in [-0.05, 0) is 12.3 Å². The van der Waals surface area contributed by atoms with E-state index in [0.717, 1.165) is 19.5 Å². The van der Waals surface area contributed by atoms with Gasteiger partial charge in [-0.1, -0.05) is 12.2 Å². The number of nitrogens with zero attached hydrogens (tertiary/aromatic N) is 1. The van der Waals surface area contributed by atoms with Crippen molar-refractivity contribution in [1.82, 2.24) is 4.31 Å². The maximum absolute atomic E-state index is 11.3. The van der Waals surface area contributed by atoms with Gasteiger partial charge in [-0.25, -0.2) is 4.31 Å². The van der Waals surface area contributed by atoms with Crippen molar-refractivity contribution in [3.63, 3.8) is 0 Å². The minimum absolute atomic E-state index is 0.791. The molecule has 1 heterocycles. The lowest BCUT2D eigenvalue weighted by Gasteiger charge is -2.23. The Kier molecular flexibility index (Phi) is 2.16. The van der Waals surface area contributed by atoms with Crippen LogP contribution in [0.4, 0.5) is 0 Å². The molecule has 1 unspecified atom stereocenters. The first-order valence-corrected chi connectivity index (χ1v) is 5.42. The molecule has 1 aliphatic heterocycles. The third-order valence-corrected chi connectivity index (χ3v) is 2.99. The number of hydrogen-bond acceptors (Lipinski definition) is 1. The van der Waals surface area contributed by atoms with Gasteiger partial charge >= 0.3 is 0 Å². The minimum atomic E-state index is -1.94. The van der Waals surface area contributed by atoms with E-state index >= 15 is 0 Å². The molecule has 1 aliphatic rings. The van der Waals surface area contributed by atoms with Crippen LogP contribution in [-0.4, -0.2) is 33.7 Å². The summed E-state index contributed by atoms with van der Waals surface area (Å²) in [6.45, 7) is 1.67. The fourth-order valence-corrected chi connectivity index (χ4v) is 1.86. The molecule has 0 aliphatic carbocycles. The zero-order valence-electron chi connectivity index (χ0n) is 6.25. The van der Waals surface area contributed by atoms with Crippen LogP contribution >= 0.6 is 0 Å². The molecule has 2 nitrogen and oxygen atoms in total. The van der Waals surface area contributed by atoms with Gasteiger partial charge in [0.25, 0.3) is 0 Å². The van der Waals surface area contributed by atoms with Crippen molar-refractivity contribution in [3.8, 4) is 0 Å². The summed E-state index contributed by atoms with van der Waals surface area (Å²) in [5.41, 5.74) is 0. The van der Waals surface area contributed by atoms with Crippen molar-refractivity contribution in [3.05, 3.63) is 12.2 Å². The number of rotatable bonds is 1. The Balaban J connectivity index is 2.67. The lowest BCUT2D eigenvalue weighted by Crippen LogP contribution is -2.32. The molecule has 0 aromatic heterocycles. The van der Waals surface area contributed by atoms with Crippen LogP contribution in [0, 0.1) is 0 Å². The largest absolute Gasteiger partial charge is 0.253 e. The Hall–Kier alpha value is -0.280. The molecule has 3 heteroatoms. The van der Waals surface area contributed by atoms with Crippen LogP contribution in [0.15, 0.2) is 12.2 Å². The maximum atomic E-state index is 11.3. The van der Waals surface area contributed by atoms with Gasteiger partial charge in [0, 0.05) is 29.1 Å². The highest BCUT2D eigenvalue weighted by Gasteiger charge is 2.10. The van der Waals surface area contributed by atoms with E-state index < -0.39 is 9.71 Å². The molecular formula is C7H13NOS. The minimum Gasteiger partial charge on any atom is -0.253 e. The quantitative estimate of drug-likeness (QED) is 0.403. The first-order chi connectivity index (χ1) is 4.61. The van der Waals surface area contributed by atoms with Crippen LogP contribution in [0.25, 0.3) is 0 Å². The van der Waals surface area contributed by atoms with E-state index in [2.05, 4.69) is 11.9 Å². The zero-order valence-corrected chi connectivity index (χ0v) is 7.06. The topological polar surface area (TPSA) is 20.3 Å². The van der Waals surface area contributed by atoms with Gasteiger partial charge < -0.3 is 0 Å². The van der Waals surface area contributed by atoms with Crippen LogP contribution in [0.5, 0.6) is 0 Å². The van der Waals surface area contributed by atoms with Crippen LogP contribution in [0.1, 0.15) is 6.42 Å². The molecule has 0 aromatic carbocycles. The van der Waals surface area contributed by atoms with Crippen molar-refractivity contribution in [2.24, 2.45) is 0 Å². The molecule has 0 spiro atoms. The molecule has 1 rings (SSSR count). The van der Waals surface area contributed by atoms with Crippen LogP contribution < -0.4 is 0 Å². The van der Waals surface area contributed by atoms with Crippen LogP contribution in [0.3, 0.4) is 0 Å². The Morgan fingerprint density at radius 2 is 2.30 bits per heavy atom. The molecule has 0 bridgehead atoms. The van der Waals surface area contributed by atoms with Crippen molar-refractivity contribution in [2.45, 2.75) is 6.42 Å². The predicted octanol–water partition coefficient (Wildman–Crippen LogP) is 0.510. The summed E-state index contributed by atoms with van der Waals surface area (Å²) in [7, 11) is -1.94. The van der Waals surface area contributed by atoms with E-state index in [1.807, 2.05) is 10.4 Å². The van der Waals surface area contributed by atoms with E-state index in [0.29, 0.717) is 0 Å². The van der Waals surface area contributed by atoms with Gasteiger partial charge in [0.1, 0.15) is 0 Å². The summed E-state index contributed by atoms with van der Waals surface area (Å²) in [6, 6.07) is 0. The molecular weight excluding hydrogens is 146 g/mol. The average molecular weight is 159 g/mol. The van der Waals surface area contributed by atoms with E-state index in [9.17, 15) is 4.21 Å². The van der Waals surface area contributed by atoms with E-state index in [1.54, 1.807) is 6.26 Å². The highest BCUT2D eigenvalue weighted by molar-refractivity contribution is 7.97. The molecule has 0 saturated carbocycles. The van der Waals surface area contributed by atoms with Crippen LogP contribution in [0.2, 0.25) is 0 Å². The highest BCUT2D eigenvalue weighted by Crippen LogP contribution is 2.04. The summed E-state index contributed by atoms with van der Waals surface area (Å²) in [6.07, 6.45) is 6.84. The van der Waals surface area contributed by atoms with Gasteiger partial charge in [-0.2, -0.15) is 0 Å². The van der Waals surface area contributed by atoms with Gasteiger partial charge in [-0.15, -0.1) is 0 Å². The molecule has 0 amide bonds. The smallest absolute Gasteiger partial charge is 0.0287 e. The first kappa shape index (κ1) is 7.82. The highest BCUT2D eigenvalue weighted by atomic mass is 32.2. The molecule has 0 fully saturated rings. The monoisotopic (exact) mass is 159 g/mol. The molecule has 58 valence electrons. The summed E-state index contributed by atoms with van der Waals surface area (Å²) >= 11 is 0. The molecule has 0 saturated heterocycles. The Morgan fingerprint density at radius 3 is 2.60 bits per heavy atom. The van der Waals surface area contributed by atoms with Crippen molar-refractivity contribution < 1.29 is 4.21 Å². The SMILES string of the molecule is C=S(C)(=O)N1CC=CCC1. The Bertz CT molecular complexity index is 228. The summed E-state index contributed by atoms with van der Waals surface area (Å²) in [5, 5.41) is 0. The Morgan fingerprint density at radius 1 is 1.60 bits per heavy atom. The lowest BCUT2D eigenvalue weighted by molar-refractivity contribution is 0.479. The van der Waals surface area contributed by atoms with Crippen molar-refractivity contribution in [2.75, 3.05) is 19.3 Å². The predicted molar refractivity (Wildman–Crippen MR) is 46.5 cm³/mol. The Labute approximate surface area is 62.7 Å². The third-order valence-electron chi connectivity index (χ3n) is 1.57. The second-order valence-corrected chi connectivity index (χ2v) is 5.04. The number of hydrogen-bond donors (Lipinski definition) is 0. The van der Waals surface area contributed by atoms with E-state index in [-0.39, 0.29) is 0 Å². The normalized spacial score (nSPS) is 26.1. The molecule has 10 heavy (non-hydrogen) atoms. The average Bonchev–Trinajstić information content (AvgIpc) is 1.88. The summed E-state index contributed by atoms with van der Waals surface area (Å²) in [5.74, 6) is 3.61. The molecule has 0 N–H and O–H groups in total. The fraction of sp³-hybridized carbons (Fsp3) is 0.571. The molecule has 0 radical (unpaired) electrons. The second kappa shape index (κ2) is 2.76. The molecule has 0 aromatic rings. The van der Waals surface area contributed by atoms with Gasteiger partial charge in [0.15, 0.2) is 0 Å². The molecule has 1 atom stereocenters. The van der Waals surface area contributed by atoms with E-state index in [4.69, 9.17) is 0 Å². The third kappa shape index (κ3) is 1.85. The first-order valence-electron chi connectivity index (χ1n) is 3.33. The van der Waals surface area contributed by atoms with Crippen molar-refractivity contribution in [1.29, 1.82) is 0 Å². The van der Waals surface area contributed by atoms with Gasteiger partial charge in [0.05, 0.1) is 0 Å². The fourth-order valence-electron chi connectivity index (χ4n) is 0.971. The van der Waals surface area contributed by atoms with Gasteiger partial charge in [0.2, 0.25) is 0 Å². The summed E-state index contributed by atoms with van der Waals surface area (Å²) in [4.78, 5) is 0. The van der Waals surface area contributed by atoms with E-state index in [1.165, 1.54) is 0 Å². The maximum Gasteiger partial charge on any atom is 0.0287 e. The standard InChI is InChI=1S/C7H13NOS/c1-10(2,9)8-6-4-3-5-7-8/h3-4H,1,5-7H2,2H3. The zero-order chi connectivity index (χ0) is 7.61. The van der Waals surface area contributed by atoms with Crippen LogP contribution in [-0.2, 0) is 9.71 Å². The second-order valence-electron chi connectivity index (χ2n) is 2.61. The lowest BCUT2D eigenvalue weighted by atomic mass is 10.3. The van der Waals surface area contributed by atoms with Crippen molar-refractivity contribution >= 4 is 15.6 Å². The summed E-state index contributed by atoms with van der Waals surface area (Å²) < 4.78 is 13.2.